The van der Waals surface area contributed by atoms with Gasteiger partial charge in [-0.3, -0.25) is 4.79 Å². The van der Waals surface area contributed by atoms with Gasteiger partial charge in [0.1, 0.15) is 5.82 Å². The molecule has 1 saturated carbocycles. The molecule has 114 valence electrons. The van der Waals surface area contributed by atoms with Crippen molar-refractivity contribution >= 4 is 23.3 Å². The van der Waals surface area contributed by atoms with Crippen LogP contribution in [-0.4, -0.2) is 31.1 Å². The molecule has 0 aliphatic heterocycles. The molecule has 0 radical (unpaired) electrons. The first kappa shape index (κ1) is 15.1. The van der Waals surface area contributed by atoms with Crippen molar-refractivity contribution in [1.82, 2.24) is 5.32 Å². The molecule has 1 amide bonds. The molecule has 0 unspecified atom stereocenters. The van der Waals surface area contributed by atoms with E-state index < -0.39 is 11.8 Å². The van der Waals surface area contributed by atoms with Crippen molar-refractivity contribution < 1.29 is 18.7 Å². The number of benzene rings is 1. The maximum Gasteiger partial charge on any atom is 0.340 e. The second-order valence-electron chi connectivity index (χ2n) is 4.84. The van der Waals surface area contributed by atoms with Gasteiger partial charge in [-0.25, -0.2) is 9.18 Å². The highest BCUT2D eigenvalue weighted by atomic mass is 19.1. The van der Waals surface area contributed by atoms with Crippen LogP contribution in [0, 0.1) is 5.82 Å². The van der Waals surface area contributed by atoms with Crippen LogP contribution in [0.15, 0.2) is 12.1 Å². The number of nitrogens with two attached hydrogens (primary N) is 1. The van der Waals surface area contributed by atoms with E-state index in [1.807, 2.05) is 0 Å². The third kappa shape index (κ3) is 4.08. The van der Waals surface area contributed by atoms with E-state index in [2.05, 4.69) is 10.6 Å². The lowest BCUT2D eigenvalue weighted by Crippen LogP contribution is -2.31. The standard InChI is InChI=1S/C14H18FN3O3/c1-2-21-14(20)9-5-12(10(15)6-11(9)16)17-7-13(19)18-8-3-4-8/h5-6,8,17H,2-4,7,16H2,1H3,(H,18,19). The van der Waals surface area contributed by atoms with E-state index in [0.29, 0.717) is 0 Å². The Balaban J connectivity index is 2.05. The number of anilines is 2. The normalized spacial score (nSPS) is 13.6. The molecule has 1 aliphatic carbocycles. The quantitative estimate of drug-likeness (QED) is 0.543. The summed E-state index contributed by atoms with van der Waals surface area (Å²) in [7, 11) is 0. The number of hydrogen-bond acceptors (Lipinski definition) is 5. The SMILES string of the molecule is CCOC(=O)c1cc(NCC(=O)NC2CC2)c(F)cc1N. The minimum atomic E-state index is -0.625. The topological polar surface area (TPSA) is 93.4 Å². The van der Waals surface area contributed by atoms with E-state index >= 15 is 0 Å². The van der Waals surface area contributed by atoms with E-state index in [-0.39, 0.29) is 42.0 Å². The number of halogens is 1. The summed E-state index contributed by atoms with van der Waals surface area (Å²) in [5.41, 5.74) is 5.72. The summed E-state index contributed by atoms with van der Waals surface area (Å²) in [6.07, 6.45) is 1.96. The summed E-state index contributed by atoms with van der Waals surface area (Å²) in [5, 5.41) is 5.43. The lowest BCUT2D eigenvalue weighted by molar-refractivity contribution is -0.119. The molecule has 7 heteroatoms. The van der Waals surface area contributed by atoms with Crippen molar-refractivity contribution in [2.75, 3.05) is 24.2 Å². The second kappa shape index (κ2) is 6.43. The van der Waals surface area contributed by atoms with E-state index in [9.17, 15) is 14.0 Å². The van der Waals surface area contributed by atoms with E-state index in [0.717, 1.165) is 18.9 Å². The highest BCUT2D eigenvalue weighted by Gasteiger charge is 2.23. The maximum absolute atomic E-state index is 13.8. The van der Waals surface area contributed by atoms with Crippen molar-refractivity contribution in [3.8, 4) is 0 Å². The molecule has 0 atom stereocenters. The third-order valence-corrected chi connectivity index (χ3v) is 3.02. The Morgan fingerprint density at radius 1 is 1.43 bits per heavy atom. The van der Waals surface area contributed by atoms with Crippen LogP contribution in [0.3, 0.4) is 0 Å². The molecular formula is C14H18FN3O3. The fraction of sp³-hybridized carbons (Fsp3) is 0.429. The Labute approximate surface area is 121 Å². The van der Waals surface area contributed by atoms with Crippen molar-refractivity contribution in [2.24, 2.45) is 0 Å². The van der Waals surface area contributed by atoms with Crippen LogP contribution in [0.25, 0.3) is 0 Å². The van der Waals surface area contributed by atoms with Crippen LogP contribution < -0.4 is 16.4 Å². The Morgan fingerprint density at radius 2 is 2.14 bits per heavy atom. The minimum absolute atomic E-state index is 0.000989. The number of carbonyl (C=O) groups excluding carboxylic acids is 2. The number of rotatable bonds is 6. The van der Waals surface area contributed by atoms with Crippen LogP contribution >= 0.6 is 0 Å². The molecule has 0 aromatic heterocycles. The van der Waals surface area contributed by atoms with Crippen LogP contribution in [0.4, 0.5) is 15.8 Å². The molecule has 1 fully saturated rings. The first-order valence-electron chi connectivity index (χ1n) is 6.80. The molecule has 0 heterocycles. The van der Waals surface area contributed by atoms with Gasteiger partial charge in [0.15, 0.2) is 0 Å². The Morgan fingerprint density at radius 3 is 2.76 bits per heavy atom. The van der Waals surface area contributed by atoms with Gasteiger partial charge in [0.05, 0.1) is 24.4 Å². The number of carbonyl (C=O) groups is 2. The average Bonchev–Trinajstić information content (AvgIpc) is 3.21. The van der Waals surface area contributed by atoms with Crippen molar-refractivity contribution in [1.29, 1.82) is 0 Å². The molecule has 6 nitrogen and oxygen atoms in total. The molecule has 1 aromatic carbocycles. The first-order chi connectivity index (χ1) is 10.0. The van der Waals surface area contributed by atoms with E-state index in [4.69, 9.17) is 10.5 Å². The fourth-order valence-corrected chi connectivity index (χ4v) is 1.79. The monoisotopic (exact) mass is 295 g/mol. The highest BCUT2D eigenvalue weighted by molar-refractivity contribution is 5.96. The summed E-state index contributed by atoms with van der Waals surface area (Å²) in [6, 6.07) is 2.53. The number of amides is 1. The van der Waals surface area contributed by atoms with Gasteiger partial charge in [0.2, 0.25) is 5.91 Å². The van der Waals surface area contributed by atoms with Crippen molar-refractivity contribution in [3.63, 3.8) is 0 Å². The summed E-state index contributed by atoms with van der Waals surface area (Å²) in [4.78, 5) is 23.2. The molecule has 2 rings (SSSR count). The number of hydrogen-bond donors (Lipinski definition) is 3. The Bertz CT molecular complexity index is 559. The number of ether oxygens (including phenoxy) is 1. The van der Waals surface area contributed by atoms with Gasteiger partial charge in [-0.2, -0.15) is 0 Å². The summed E-state index contributed by atoms with van der Waals surface area (Å²) < 4.78 is 18.6. The lowest BCUT2D eigenvalue weighted by atomic mass is 10.1. The first-order valence-corrected chi connectivity index (χ1v) is 6.80. The minimum Gasteiger partial charge on any atom is -0.462 e. The van der Waals surface area contributed by atoms with Crippen molar-refractivity contribution in [2.45, 2.75) is 25.8 Å². The van der Waals surface area contributed by atoms with Crippen molar-refractivity contribution in [3.05, 3.63) is 23.5 Å². The van der Waals surface area contributed by atoms with E-state index in [1.54, 1.807) is 6.92 Å². The summed E-state index contributed by atoms with van der Waals surface area (Å²) in [5.74, 6) is -1.47. The summed E-state index contributed by atoms with van der Waals surface area (Å²) in [6.45, 7) is 1.79. The van der Waals surface area contributed by atoms with Gasteiger partial charge < -0.3 is 21.1 Å². The zero-order valence-electron chi connectivity index (χ0n) is 11.7. The zero-order chi connectivity index (χ0) is 15.4. The van der Waals surface area contributed by atoms with Gasteiger partial charge in [-0.15, -0.1) is 0 Å². The van der Waals surface area contributed by atoms with Gasteiger partial charge in [-0.1, -0.05) is 0 Å². The van der Waals surface area contributed by atoms with E-state index in [1.165, 1.54) is 6.07 Å². The predicted molar refractivity (Wildman–Crippen MR) is 76.4 cm³/mol. The van der Waals surface area contributed by atoms with Crippen LogP contribution in [-0.2, 0) is 9.53 Å². The van der Waals surface area contributed by atoms with Crippen LogP contribution in [0.2, 0.25) is 0 Å². The maximum atomic E-state index is 13.8. The molecule has 4 N–H and O–H groups in total. The molecular weight excluding hydrogens is 277 g/mol. The smallest absolute Gasteiger partial charge is 0.340 e. The molecule has 1 aromatic rings. The molecule has 0 spiro atoms. The van der Waals surface area contributed by atoms with Gasteiger partial charge >= 0.3 is 5.97 Å². The summed E-state index contributed by atoms with van der Waals surface area (Å²) >= 11 is 0. The predicted octanol–water partition coefficient (Wildman–Crippen LogP) is 1.28. The van der Waals surface area contributed by atoms with Gasteiger partial charge in [0, 0.05) is 11.7 Å². The largest absolute Gasteiger partial charge is 0.462 e. The van der Waals surface area contributed by atoms with Gasteiger partial charge in [0.25, 0.3) is 0 Å². The Hall–Kier alpha value is -2.31. The molecule has 21 heavy (non-hydrogen) atoms. The fourth-order valence-electron chi connectivity index (χ4n) is 1.79. The Kier molecular flexibility index (Phi) is 4.62. The molecule has 0 saturated heterocycles. The highest BCUT2D eigenvalue weighted by Crippen LogP contribution is 2.23. The zero-order valence-corrected chi connectivity index (χ0v) is 11.7. The third-order valence-electron chi connectivity index (χ3n) is 3.02. The van der Waals surface area contributed by atoms with Crippen LogP contribution in [0.1, 0.15) is 30.1 Å². The van der Waals surface area contributed by atoms with Gasteiger partial charge in [-0.05, 0) is 31.9 Å². The second-order valence-corrected chi connectivity index (χ2v) is 4.84. The number of esters is 1. The lowest BCUT2D eigenvalue weighted by Gasteiger charge is -2.11. The molecule has 0 bridgehead atoms. The number of nitrogens with one attached hydrogen (secondary N) is 2. The molecule has 1 aliphatic rings. The average molecular weight is 295 g/mol. The number of nitrogen functional groups attached to an aromatic ring is 1. The van der Waals surface area contributed by atoms with Crippen LogP contribution in [0.5, 0.6) is 0 Å².